The Morgan fingerprint density at radius 1 is 1.07 bits per heavy atom. The van der Waals surface area contributed by atoms with Crippen molar-refractivity contribution >= 4 is 23.3 Å². The van der Waals surface area contributed by atoms with E-state index >= 15 is 0 Å². The van der Waals surface area contributed by atoms with E-state index in [9.17, 15) is 14.7 Å². The van der Waals surface area contributed by atoms with E-state index in [1.165, 1.54) is 0 Å². The van der Waals surface area contributed by atoms with Crippen LogP contribution < -0.4 is 24.8 Å². The van der Waals surface area contributed by atoms with Crippen molar-refractivity contribution in [3.05, 3.63) is 72.1 Å². The van der Waals surface area contributed by atoms with Gasteiger partial charge in [0.25, 0.3) is 0 Å². The van der Waals surface area contributed by atoms with Gasteiger partial charge < -0.3 is 34.9 Å². The Hall–Kier alpha value is -4.35. The average Bonchev–Trinajstić information content (AvgIpc) is 3.45. The molecule has 2 aromatic carbocycles. The molecule has 3 aromatic rings. The van der Waals surface area contributed by atoms with Gasteiger partial charge in [-0.1, -0.05) is 6.92 Å². The number of ether oxygens (including phenoxy) is 3. The van der Waals surface area contributed by atoms with Crippen LogP contribution in [0.15, 0.2) is 60.9 Å². The molecule has 1 aromatic heterocycles. The molecule has 2 aliphatic rings. The number of likely N-dealkylation sites (N-methyl/N-ethyl adjacent to an activating group) is 1. The van der Waals surface area contributed by atoms with Gasteiger partial charge in [-0.15, -0.1) is 0 Å². The van der Waals surface area contributed by atoms with Gasteiger partial charge in [-0.2, -0.15) is 0 Å². The second-order valence-corrected chi connectivity index (χ2v) is 10.9. The fourth-order valence-corrected chi connectivity index (χ4v) is 5.16. The first-order valence-corrected chi connectivity index (χ1v) is 14.0. The summed E-state index contributed by atoms with van der Waals surface area (Å²) in [5.74, 6) is 1.67. The van der Waals surface area contributed by atoms with Crippen LogP contribution >= 0.6 is 0 Å². The second-order valence-electron chi connectivity index (χ2n) is 10.9. The van der Waals surface area contributed by atoms with E-state index in [0.29, 0.717) is 47.3 Å². The first-order valence-electron chi connectivity index (χ1n) is 14.0. The number of aliphatic hydroxyl groups excluding tert-OH is 1. The number of nitrogens with zero attached hydrogens (tertiary/aromatic N) is 3. The lowest BCUT2D eigenvalue weighted by Crippen LogP contribution is -2.47. The number of amides is 3. The molecular weight excluding hydrogens is 538 g/mol. The lowest BCUT2D eigenvalue weighted by molar-refractivity contribution is -0.134. The Morgan fingerprint density at radius 2 is 1.76 bits per heavy atom. The SMILES string of the molecule is C[C@@H]1CN([C@H](C)CO)C(=O)Cc2cc(NC(=O)Nc3ccc4c(c3)OCO4)ccc2O[C@H]1CN(C)Cc1ccncc1. The summed E-state index contributed by atoms with van der Waals surface area (Å²) in [5, 5.41) is 15.5. The van der Waals surface area contributed by atoms with Crippen LogP contribution in [0.2, 0.25) is 0 Å². The van der Waals surface area contributed by atoms with Crippen LogP contribution in [0, 0.1) is 5.92 Å². The van der Waals surface area contributed by atoms with Crippen LogP contribution in [0.5, 0.6) is 17.2 Å². The molecule has 0 saturated carbocycles. The van der Waals surface area contributed by atoms with Crippen LogP contribution in [-0.4, -0.2) is 77.5 Å². The van der Waals surface area contributed by atoms with Gasteiger partial charge in [-0.05, 0) is 62.0 Å². The highest BCUT2D eigenvalue weighted by atomic mass is 16.7. The summed E-state index contributed by atoms with van der Waals surface area (Å²) in [6.07, 6.45) is 3.40. The molecule has 0 saturated heterocycles. The largest absolute Gasteiger partial charge is 0.488 e. The maximum atomic E-state index is 13.5. The van der Waals surface area contributed by atoms with Gasteiger partial charge in [-0.25, -0.2) is 4.79 Å². The maximum absolute atomic E-state index is 13.5. The number of hydrogen-bond donors (Lipinski definition) is 3. The molecular formula is C31H37N5O6. The van der Waals surface area contributed by atoms with Crippen LogP contribution in [0.4, 0.5) is 16.2 Å². The number of nitrogens with one attached hydrogen (secondary N) is 2. The Bertz CT molecular complexity index is 1400. The Kier molecular flexibility index (Phi) is 9.09. The summed E-state index contributed by atoms with van der Waals surface area (Å²) in [6.45, 7) is 5.71. The predicted octanol–water partition coefficient (Wildman–Crippen LogP) is 3.74. The van der Waals surface area contributed by atoms with Crippen molar-refractivity contribution in [2.45, 2.75) is 39.0 Å². The molecule has 222 valence electrons. The van der Waals surface area contributed by atoms with Gasteiger partial charge in [0.2, 0.25) is 12.7 Å². The quantitative estimate of drug-likeness (QED) is 0.371. The van der Waals surface area contributed by atoms with E-state index in [-0.39, 0.29) is 43.8 Å². The molecule has 11 nitrogen and oxygen atoms in total. The minimum absolute atomic E-state index is 0.0148. The van der Waals surface area contributed by atoms with E-state index in [4.69, 9.17) is 14.2 Å². The monoisotopic (exact) mass is 575 g/mol. The summed E-state index contributed by atoms with van der Waals surface area (Å²) >= 11 is 0. The van der Waals surface area contributed by atoms with Crippen LogP contribution in [0.25, 0.3) is 0 Å². The van der Waals surface area contributed by atoms with Gasteiger partial charge in [0.05, 0.1) is 19.1 Å². The molecule has 0 spiro atoms. The number of benzene rings is 2. The number of fused-ring (bicyclic) bond motifs is 2. The first kappa shape index (κ1) is 29.2. The summed E-state index contributed by atoms with van der Waals surface area (Å²) < 4.78 is 17.3. The summed E-state index contributed by atoms with van der Waals surface area (Å²) in [6, 6.07) is 13.7. The molecule has 0 aliphatic carbocycles. The highest BCUT2D eigenvalue weighted by Gasteiger charge is 2.31. The third kappa shape index (κ3) is 7.10. The fraction of sp³-hybridized carbons (Fsp3) is 0.387. The average molecular weight is 576 g/mol. The molecule has 3 heterocycles. The number of anilines is 2. The van der Waals surface area contributed by atoms with Crippen molar-refractivity contribution in [2.24, 2.45) is 5.92 Å². The highest BCUT2D eigenvalue weighted by molar-refractivity contribution is 6.00. The number of aliphatic hydroxyl groups is 1. The lowest BCUT2D eigenvalue weighted by atomic mass is 10.0. The number of aromatic nitrogens is 1. The third-order valence-corrected chi connectivity index (χ3v) is 7.50. The molecule has 2 aliphatic heterocycles. The van der Waals surface area contributed by atoms with E-state index in [2.05, 4.69) is 27.4 Å². The Balaban J connectivity index is 1.34. The van der Waals surface area contributed by atoms with E-state index in [1.807, 2.05) is 26.1 Å². The van der Waals surface area contributed by atoms with Crippen LogP contribution in [-0.2, 0) is 17.8 Å². The van der Waals surface area contributed by atoms with Gasteiger partial charge in [0, 0.05) is 61.0 Å². The molecule has 0 unspecified atom stereocenters. The summed E-state index contributed by atoms with van der Waals surface area (Å²) in [4.78, 5) is 34.3. The van der Waals surface area contributed by atoms with Crippen molar-refractivity contribution in [1.29, 1.82) is 0 Å². The Morgan fingerprint density at radius 3 is 2.50 bits per heavy atom. The predicted molar refractivity (Wildman–Crippen MR) is 158 cm³/mol. The summed E-state index contributed by atoms with van der Waals surface area (Å²) in [7, 11) is 2.04. The number of carbonyl (C=O) groups is 2. The number of hydrogen-bond acceptors (Lipinski definition) is 8. The zero-order valence-corrected chi connectivity index (χ0v) is 24.1. The smallest absolute Gasteiger partial charge is 0.323 e. The topological polar surface area (TPSA) is 125 Å². The molecule has 3 atom stereocenters. The number of rotatable bonds is 8. The van der Waals surface area contributed by atoms with Gasteiger partial charge in [-0.3, -0.25) is 14.7 Å². The van der Waals surface area contributed by atoms with Crippen LogP contribution in [0.3, 0.4) is 0 Å². The zero-order valence-electron chi connectivity index (χ0n) is 24.1. The van der Waals surface area contributed by atoms with Crippen molar-refractivity contribution in [2.75, 3.05) is 44.2 Å². The fourth-order valence-electron chi connectivity index (χ4n) is 5.16. The van der Waals surface area contributed by atoms with Crippen molar-refractivity contribution in [3.8, 4) is 17.2 Å². The third-order valence-electron chi connectivity index (χ3n) is 7.50. The van der Waals surface area contributed by atoms with Crippen LogP contribution in [0.1, 0.15) is 25.0 Å². The Labute approximate surface area is 245 Å². The highest BCUT2D eigenvalue weighted by Crippen LogP contribution is 2.34. The van der Waals surface area contributed by atoms with Crippen molar-refractivity contribution < 1.29 is 28.9 Å². The van der Waals surface area contributed by atoms with E-state index in [1.54, 1.807) is 53.7 Å². The first-order chi connectivity index (χ1) is 20.3. The van der Waals surface area contributed by atoms with E-state index < -0.39 is 6.03 Å². The number of pyridine rings is 1. The van der Waals surface area contributed by atoms with Gasteiger partial charge >= 0.3 is 6.03 Å². The molecule has 0 bridgehead atoms. The van der Waals surface area contributed by atoms with Crippen molar-refractivity contribution in [1.82, 2.24) is 14.8 Å². The molecule has 0 radical (unpaired) electrons. The number of carbonyl (C=O) groups excluding carboxylic acids is 2. The number of urea groups is 1. The molecule has 3 amide bonds. The standard InChI is InChI=1S/C31H37N5O6/c1-20-15-36(21(2)18-37)30(38)13-23-12-24(33-31(39)34-25-5-7-27-28(14-25)41-19-40-27)4-6-26(23)42-29(20)17-35(3)16-22-8-10-32-11-9-22/h4-12,14,20-21,29,37H,13,15-19H2,1-3H3,(H2,33,34,39)/t20-,21-,29+/m1/s1. The zero-order chi connectivity index (χ0) is 29.6. The van der Waals surface area contributed by atoms with Gasteiger partial charge in [0.15, 0.2) is 11.5 Å². The maximum Gasteiger partial charge on any atom is 0.323 e. The van der Waals surface area contributed by atoms with Gasteiger partial charge in [0.1, 0.15) is 11.9 Å². The lowest BCUT2D eigenvalue weighted by Gasteiger charge is -2.34. The normalized spacial score (nSPS) is 18.8. The molecule has 11 heteroatoms. The second kappa shape index (κ2) is 13.1. The minimum atomic E-state index is -0.441. The molecule has 42 heavy (non-hydrogen) atoms. The minimum Gasteiger partial charge on any atom is -0.488 e. The molecule has 3 N–H and O–H groups in total. The van der Waals surface area contributed by atoms with E-state index in [0.717, 1.165) is 12.1 Å². The molecule has 5 rings (SSSR count). The molecule has 0 fully saturated rings. The summed E-state index contributed by atoms with van der Waals surface area (Å²) in [5.41, 5.74) is 2.87. The van der Waals surface area contributed by atoms with Crippen molar-refractivity contribution in [3.63, 3.8) is 0 Å².